The van der Waals surface area contributed by atoms with Crippen molar-refractivity contribution in [2.45, 2.75) is 65.0 Å². The highest BCUT2D eigenvalue weighted by Crippen LogP contribution is 2.27. The smallest absolute Gasteiger partial charge is 0.407 e. The van der Waals surface area contributed by atoms with Crippen molar-refractivity contribution in [3.05, 3.63) is 0 Å². The minimum Gasteiger partial charge on any atom is -0.444 e. The molecule has 0 aliphatic heterocycles. The molecular formula is C24H47NO8. The maximum absolute atomic E-state index is 11.7. The van der Waals surface area contributed by atoms with Gasteiger partial charge in [-0.3, -0.25) is 0 Å². The molecule has 0 atom stereocenters. The molecule has 1 rings (SSSR count). The van der Waals surface area contributed by atoms with Crippen molar-refractivity contribution in [2.75, 3.05) is 79.3 Å². The number of carbonyl (C=O) groups is 1. The van der Waals surface area contributed by atoms with E-state index >= 15 is 0 Å². The molecule has 0 unspecified atom stereocenters. The quantitative estimate of drug-likeness (QED) is 0.252. The zero-order chi connectivity index (χ0) is 24.2. The van der Waals surface area contributed by atoms with Crippen molar-refractivity contribution < 1.29 is 38.0 Å². The van der Waals surface area contributed by atoms with Gasteiger partial charge in [0, 0.05) is 19.3 Å². The zero-order valence-corrected chi connectivity index (χ0v) is 21.2. The Morgan fingerprint density at radius 2 is 1.15 bits per heavy atom. The van der Waals surface area contributed by atoms with Crippen LogP contribution < -0.4 is 5.32 Å². The monoisotopic (exact) mass is 477 g/mol. The van der Waals surface area contributed by atoms with Crippen LogP contribution in [0.1, 0.15) is 53.4 Å². The Bertz CT molecular complexity index is 466. The molecule has 0 aromatic heterocycles. The number of hydrogen-bond acceptors (Lipinski definition) is 8. The van der Waals surface area contributed by atoms with Crippen LogP contribution in [0.3, 0.4) is 0 Å². The van der Waals surface area contributed by atoms with Crippen molar-refractivity contribution in [1.29, 1.82) is 0 Å². The third kappa shape index (κ3) is 19.1. The van der Waals surface area contributed by atoms with E-state index in [0.29, 0.717) is 78.6 Å². The van der Waals surface area contributed by atoms with Gasteiger partial charge in [0.25, 0.3) is 0 Å². The van der Waals surface area contributed by atoms with Gasteiger partial charge in [0.1, 0.15) is 5.60 Å². The van der Waals surface area contributed by atoms with E-state index in [1.54, 1.807) is 0 Å². The molecule has 0 heterocycles. The number of alkyl carbamates (subject to hydrolysis) is 1. The third-order valence-electron chi connectivity index (χ3n) is 4.81. The van der Waals surface area contributed by atoms with Gasteiger partial charge in [-0.15, -0.1) is 0 Å². The van der Waals surface area contributed by atoms with Crippen molar-refractivity contribution in [3.8, 4) is 0 Å². The van der Waals surface area contributed by atoms with Crippen LogP contribution in [0.5, 0.6) is 0 Å². The molecule has 0 saturated heterocycles. The summed E-state index contributed by atoms with van der Waals surface area (Å²) in [5, 5.41) is 2.89. The molecule has 0 aromatic rings. The summed E-state index contributed by atoms with van der Waals surface area (Å²) in [6.07, 6.45) is 3.76. The van der Waals surface area contributed by atoms with E-state index in [9.17, 15) is 4.79 Å². The van der Waals surface area contributed by atoms with Crippen LogP contribution in [0.25, 0.3) is 0 Å². The largest absolute Gasteiger partial charge is 0.444 e. The van der Waals surface area contributed by atoms with Gasteiger partial charge >= 0.3 is 6.09 Å². The van der Waals surface area contributed by atoms with Gasteiger partial charge in [-0.1, -0.05) is 13.3 Å². The highest BCUT2D eigenvalue weighted by atomic mass is 16.6. The average molecular weight is 478 g/mol. The standard InChI is InChI=1S/C24H47NO8/c1-5-6-7-27-8-9-28-10-11-29-12-13-30-14-15-31-16-17-32-20-21-18-22(19-21)25-23(26)33-24(2,3)4/h21-22H,5-20H2,1-4H3,(H,25,26). The number of hydrogen-bond donors (Lipinski definition) is 1. The van der Waals surface area contributed by atoms with Crippen LogP contribution in [0.15, 0.2) is 0 Å². The normalized spacial score (nSPS) is 18.2. The first-order valence-electron chi connectivity index (χ1n) is 12.4. The number of amides is 1. The van der Waals surface area contributed by atoms with E-state index in [4.69, 9.17) is 33.2 Å². The molecule has 33 heavy (non-hydrogen) atoms. The first-order valence-corrected chi connectivity index (χ1v) is 12.4. The minimum atomic E-state index is -0.465. The minimum absolute atomic E-state index is 0.188. The molecule has 1 aliphatic rings. The first kappa shape index (κ1) is 30.1. The van der Waals surface area contributed by atoms with Gasteiger partial charge in [0.2, 0.25) is 0 Å². The molecule has 1 amide bonds. The third-order valence-corrected chi connectivity index (χ3v) is 4.81. The van der Waals surface area contributed by atoms with E-state index in [2.05, 4.69) is 12.2 Å². The lowest BCUT2D eigenvalue weighted by Crippen LogP contribution is -2.47. The lowest BCUT2D eigenvalue weighted by Gasteiger charge is -2.35. The second-order valence-corrected chi connectivity index (χ2v) is 9.17. The van der Waals surface area contributed by atoms with Crippen LogP contribution in [0, 0.1) is 5.92 Å². The summed E-state index contributed by atoms with van der Waals surface area (Å²) < 4.78 is 38.1. The number of ether oxygens (including phenoxy) is 7. The molecule has 1 fully saturated rings. The Kier molecular flexibility index (Phi) is 17.6. The Hall–Kier alpha value is -0.970. The average Bonchev–Trinajstić information content (AvgIpc) is 2.72. The molecule has 9 heteroatoms. The summed E-state index contributed by atoms with van der Waals surface area (Å²) in [7, 11) is 0. The molecule has 0 aromatic carbocycles. The van der Waals surface area contributed by atoms with Crippen LogP contribution in [-0.4, -0.2) is 97.0 Å². The van der Waals surface area contributed by atoms with Gasteiger partial charge in [-0.2, -0.15) is 0 Å². The molecule has 1 saturated carbocycles. The Morgan fingerprint density at radius 1 is 0.727 bits per heavy atom. The predicted molar refractivity (Wildman–Crippen MR) is 126 cm³/mol. The van der Waals surface area contributed by atoms with Gasteiger partial charge in [0.05, 0.1) is 66.1 Å². The summed E-state index contributed by atoms with van der Waals surface area (Å²) in [6.45, 7) is 14.9. The molecule has 1 aliphatic carbocycles. The van der Waals surface area contributed by atoms with Crippen LogP contribution in [0.2, 0.25) is 0 Å². The molecule has 1 N–H and O–H groups in total. The maximum atomic E-state index is 11.7. The second kappa shape index (κ2) is 19.3. The van der Waals surface area contributed by atoms with Crippen molar-refractivity contribution in [3.63, 3.8) is 0 Å². The second-order valence-electron chi connectivity index (χ2n) is 9.17. The van der Waals surface area contributed by atoms with Gasteiger partial charge in [-0.05, 0) is 46.0 Å². The summed E-state index contributed by atoms with van der Waals surface area (Å²) in [5.41, 5.74) is -0.465. The molecule has 0 radical (unpaired) electrons. The molecule has 196 valence electrons. The van der Waals surface area contributed by atoms with E-state index < -0.39 is 5.60 Å². The zero-order valence-electron chi connectivity index (χ0n) is 21.2. The Balaban J connectivity index is 1.72. The summed E-state index contributed by atoms with van der Waals surface area (Å²) >= 11 is 0. The Morgan fingerprint density at radius 3 is 1.58 bits per heavy atom. The molecule has 0 spiro atoms. The summed E-state index contributed by atoms with van der Waals surface area (Å²) in [4.78, 5) is 11.7. The van der Waals surface area contributed by atoms with Gasteiger partial charge < -0.3 is 38.5 Å². The SMILES string of the molecule is CCCCOCCOCCOCCOCCOCCOCC1CC(NC(=O)OC(C)(C)C)C1. The molecule has 0 bridgehead atoms. The van der Waals surface area contributed by atoms with E-state index in [0.717, 1.165) is 32.3 Å². The molecular weight excluding hydrogens is 430 g/mol. The van der Waals surface area contributed by atoms with Crippen LogP contribution >= 0.6 is 0 Å². The predicted octanol–water partition coefficient (Wildman–Crippen LogP) is 3.19. The highest BCUT2D eigenvalue weighted by molar-refractivity contribution is 5.68. The van der Waals surface area contributed by atoms with E-state index in [1.165, 1.54) is 0 Å². The van der Waals surface area contributed by atoms with Crippen molar-refractivity contribution in [2.24, 2.45) is 5.92 Å². The number of unbranched alkanes of at least 4 members (excludes halogenated alkanes) is 1. The van der Waals surface area contributed by atoms with Crippen LogP contribution in [-0.2, 0) is 33.2 Å². The Labute approximate surface area is 200 Å². The lowest BCUT2D eigenvalue weighted by molar-refractivity contribution is -0.0218. The van der Waals surface area contributed by atoms with Crippen molar-refractivity contribution >= 4 is 6.09 Å². The van der Waals surface area contributed by atoms with E-state index in [-0.39, 0.29) is 12.1 Å². The van der Waals surface area contributed by atoms with Gasteiger partial charge in [0.15, 0.2) is 0 Å². The first-order chi connectivity index (χ1) is 15.9. The summed E-state index contributed by atoms with van der Waals surface area (Å²) in [6, 6.07) is 0.188. The number of carbonyl (C=O) groups excluding carboxylic acids is 1. The lowest BCUT2D eigenvalue weighted by atomic mass is 9.81. The number of nitrogens with one attached hydrogen (secondary N) is 1. The highest BCUT2D eigenvalue weighted by Gasteiger charge is 2.31. The molecule has 9 nitrogen and oxygen atoms in total. The summed E-state index contributed by atoms with van der Waals surface area (Å²) in [5.74, 6) is 0.484. The van der Waals surface area contributed by atoms with Crippen molar-refractivity contribution in [1.82, 2.24) is 5.32 Å². The number of rotatable bonds is 21. The maximum Gasteiger partial charge on any atom is 0.407 e. The topological polar surface area (TPSA) is 93.7 Å². The van der Waals surface area contributed by atoms with Gasteiger partial charge in [-0.25, -0.2) is 4.79 Å². The van der Waals surface area contributed by atoms with E-state index in [1.807, 2.05) is 20.8 Å². The fourth-order valence-corrected chi connectivity index (χ4v) is 3.06. The van der Waals surface area contributed by atoms with Crippen LogP contribution in [0.4, 0.5) is 4.79 Å². The fourth-order valence-electron chi connectivity index (χ4n) is 3.06. The fraction of sp³-hybridized carbons (Fsp3) is 0.958.